The summed E-state index contributed by atoms with van der Waals surface area (Å²) in [6, 6.07) is 0. The Balaban J connectivity index is 1.54. The van der Waals surface area contributed by atoms with Gasteiger partial charge in [-0.2, -0.15) is 0 Å². The highest BCUT2D eigenvalue weighted by molar-refractivity contribution is 5.81. The van der Waals surface area contributed by atoms with Gasteiger partial charge in [-0.15, -0.1) is 0 Å². The molecule has 4 fully saturated rings. The van der Waals surface area contributed by atoms with Crippen molar-refractivity contribution < 1.29 is 24.5 Å². The predicted octanol–water partition coefficient (Wildman–Crippen LogP) is 8.78. The van der Waals surface area contributed by atoms with E-state index in [1.54, 1.807) is 0 Å². The summed E-state index contributed by atoms with van der Waals surface area (Å²) < 4.78 is 13.0. The Morgan fingerprint density at radius 2 is 1.45 bits per heavy atom. The van der Waals surface area contributed by atoms with E-state index in [2.05, 4.69) is 83.1 Å². The summed E-state index contributed by atoms with van der Waals surface area (Å²) in [7, 11) is 0. The molecular formula is C37H62O5. The second-order valence-corrected chi connectivity index (χ2v) is 17.8. The van der Waals surface area contributed by atoms with Crippen LogP contribution in [0.15, 0.2) is 11.1 Å². The first-order chi connectivity index (χ1) is 19.1. The fourth-order valence-corrected chi connectivity index (χ4v) is 12.6. The summed E-state index contributed by atoms with van der Waals surface area (Å²) in [6.45, 7) is 27.8. The van der Waals surface area contributed by atoms with Crippen LogP contribution < -0.4 is 0 Å². The molecule has 5 nitrogen and oxygen atoms in total. The van der Waals surface area contributed by atoms with Gasteiger partial charge in [0.2, 0.25) is 0 Å². The summed E-state index contributed by atoms with van der Waals surface area (Å²) in [5, 5.41) is 22.0. The Morgan fingerprint density at radius 3 is 2.02 bits per heavy atom. The minimum absolute atomic E-state index is 0.00293. The molecule has 0 bridgehead atoms. The Labute approximate surface area is 256 Å². The lowest BCUT2D eigenvalue weighted by atomic mass is 9.28. The third-order valence-electron chi connectivity index (χ3n) is 14.9. The Morgan fingerprint density at radius 1 is 0.857 bits per heavy atom. The molecule has 42 heavy (non-hydrogen) atoms. The fourth-order valence-electron chi connectivity index (χ4n) is 12.6. The van der Waals surface area contributed by atoms with Crippen LogP contribution in [0.2, 0.25) is 0 Å². The third-order valence-corrected chi connectivity index (χ3v) is 14.9. The van der Waals surface area contributed by atoms with Crippen LogP contribution in [-0.4, -0.2) is 40.3 Å². The molecule has 0 aromatic rings. The molecule has 5 aliphatic carbocycles. The zero-order valence-corrected chi connectivity index (χ0v) is 28.9. The van der Waals surface area contributed by atoms with E-state index < -0.39 is 23.3 Å². The van der Waals surface area contributed by atoms with Crippen molar-refractivity contribution in [2.75, 3.05) is 0 Å². The Bertz CT molecular complexity index is 1130. The Hall–Kier alpha value is -0.910. The summed E-state index contributed by atoms with van der Waals surface area (Å²) in [4.78, 5) is 13.0. The number of aliphatic hydroxyl groups is 1. The van der Waals surface area contributed by atoms with Gasteiger partial charge in [0.1, 0.15) is 0 Å². The van der Waals surface area contributed by atoms with Crippen molar-refractivity contribution >= 4 is 5.97 Å². The lowest BCUT2D eigenvalue weighted by Gasteiger charge is -2.76. The smallest absolute Gasteiger partial charge is 0.313 e. The summed E-state index contributed by atoms with van der Waals surface area (Å²) in [5.41, 5.74) is 1.66. The zero-order valence-electron chi connectivity index (χ0n) is 28.9. The van der Waals surface area contributed by atoms with Crippen molar-refractivity contribution in [1.29, 1.82) is 0 Å². The highest BCUT2D eigenvalue weighted by Gasteiger charge is 2.75. The quantitative estimate of drug-likeness (QED) is 0.240. The van der Waals surface area contributed by atoms with Gasteiger partial charge in [0.05, 0.1) is 23.7 Å². The van der Waals surface area contributed by atoms with Crippen LogP contribution in [0.1, 0.15) is 141 Å². The van der Waals surface area contributed by atoms with Crippen molar-refractivity contribution in [1.82, 2.24) is 0 Å². The molecule has 0 amide bonds. The molecule has 5 heteroatoms. The van der Waals surface area contributed by atoms with Crippen LogP contribution in [0.3, 0.4) is 0 Å². The van der Waals surface area contributed by atoms with Gasteiger partial charge in [-0.3, -0.25) is 4.79 Å². The predicted molar refractivity (Wildman–Crippen MR) is 168 cm³/mol. The summed E-state index contributed by atoms with van der Waals surface area (Å²) in [5.74, 6) is -0.413. The maximum Gasteiger partial charge on any atom is 0.313 e. The van der Waals surface area contributed by atoms with Crippen molar-refractivity contribution in [2.45, 2.75) is 165 Å². The number of ether oxygens (including phenoxy) is 2. The average molecular weight is 587 g/mol. The topological polar surface area (TPSA) is 76.0 Å². The van der Waals surface area contributed by atoms with Crippen LogP contribution >= 0.6 is 0 Å². The van der Waals surface area contributed by atoms with Gasteiger partial charge in [-0.25, -0.2) is 0 Å². The number of hydrogen-bond donors (Lipinski definition) is 2. The number of fused-ring (bicyclic) bond motifs is 7. The van der Waals surface area contributed by atoms with Gasteiger partial charge in [0.15, 0.2) is 5.79 Å². The highest BCUT2D eigenvalue weighted by atomic mass is 16.7. The first-order valence-corrected chi connectivity index (χ1v) is 17.2. The second-order valence-electron chi connectivity index (χ2n) is 17.8. The van der Waals surface area contributed by atoms with E-state index in [9.17, 15) is 15.0 Å². The summed E-state index contributed by atoms with van der Waals surface area (Å²) >= 11 is 0. The van der Waals surface area contributed by atoms with E-state index in [4.69, 9.17) is 9.47 Å². The number of carboxylic acid groups (broad SMARTS) is 1. The number of carbonyl (C=O) groups is 1. The molecule has 0 spiro atoms. The lowest BCUT2D eigenvalue weighted by Crippen LogP contribution is -2.70. The van der Waals surface area contributed by atoms with Gasteiger partial charge < -0.3 is 19.7 Å². The molecule has 0 saturated heterocycles. The van der Waals surface area contributed by atoms with Crippen molar-refractivity contribution in [3.05, 3.63) is 11.1 Å². The molecule has 4 unspecified atom stereocenters. The maximum atomic E-state index is 13.0. The Kier molecular flexibility index (Phi) is 7.57. The molecular weight excluding hydrogens is 524 g/mol. The first-order valence-electron chi connectivity index (χ1n) is 17.2. The fraction of sp³-hybridized carbons (Fsp3) is 0.919. The third kappa shape index (κ3) is 4.07. The van der Waals surface area contributed by atoms with Crippen LogP contribution in [0.5, 0.6) is 0 Å². The molecule has 0 aromatic heterocycles. The number of aliphatic hydroxyl groups excluding tert-OH is 1. The SMILES string of the molecule is CC(C)OC(C)(C)O[C@H]1CCC2(C)[C@@H](CCC3(C)[C@]2(C)CCC2C4=C(C(C)C)[C@@H](O)CC4(C(=O)O)CC[C@]23C)C1(C)C. The minimum Gasteiger partial charge on any atom is -0.481 e. The van der Waals surface area contributed by atoms with E-state index in [1.807, 2.05) is 0 Å². The standard InChI is InChI=1S/C37H62O5/c1-22(2)28-25(38)21-37(30(39)40)20-19-33(9)24(29(28)37)13-17-36(12)34(10)16-15-27(42-32(7,8)41-23(3)4)31(5,6)26(34)14-18-35(33,36)11/h22-27,38H,13-21H2,1-12H3,(H,39,40)/t24?,25-,26-,27-,33+,34?,35?,36+,37?/m0/s1. The molecule has 0 heterocycles. The molecule has 5 aliphatic rings. The molecule has 0 aromatic carbocycles. The van der Waals surface area contributed by atoms with Gasteiger partial charge >= 0.3 is 5.97 Å². The van der Waals surface area contributed by atoms with Gasteiger partial charge in [0.25, 0.3) is 0 Å². The van der Waals surface area contributed by atoms with Gasteiger partial charge in [-0.05, 0) is 141 Å². The van der Waals surface area contributed by atoms with Crippen LogP contribution in [0.25, 0.3) is 0 Å². The molecule has 0 aliphatic heterocycles. The van der Waals surface area contributed by atoms with Gasteiger partial charge in [0, 0.05) is 0 Å². The lowest BCUT2D eigenvalue weighted by molar-refractivity contribution is -0.314. The second kappa shape index (κ2) is 9.79. The molecule has 9 atom stereocenters. The number of rotatable bonds is 6. The van der Waals surface area contributed by atoms with Crippen molar-refractivity contribution in [3.8, 4) is 0 Å². The summed E-state index contributed by atoms with van der Waals surface area (Å²) in [6.07, 6.45) is 8.21. The molecule has 4 saturated carbocycles. The highest BCUT2D eigenvalue weighted by Crippen LogP contribution is 2.81. The molecule has 0 radical (unpaired) electrons. The number of carboxylic acids is 1. The normalized spacial score (nSPS) is 46.7. The minimum atomic E-state index is -0.892. The largest absolute Gasteiger partial charge is 0.481 e. The average Bonchev–Trinajstić information content (AvgIpc) is 3.16. The van der Waals surface area contributed by atoms with Crippen LogP contribution in [0, 0.1) is 50.2 Å². The molecule has 5 rings (SSSR count). The van der Waals surface area contributed by atoms with Crippen LogP contribution in [-0.2, 0) is 14.3 Å². The maximum absolute atomic E-state index is 13.0. The van der Waals surface area contributed by atoms with Crippen LogP contribution in [0.4, 0.5) is 0 Å². The zero-order chi connectivity index (χ0) is 31.5. The van der Waals surface area contributed by atoms with Crippen molar-refractivity contribution in [2.24, 2.45) is 50.2 Å². The van der Waals surface area contributed by atoms with Gasteiger partial charge in [-0.1, -0.05) is 55.4 Å². The number of hydrogen-bond acceptors (Lipinski definition) is 4. The van der Waals surface area contributed by atoms with E-state index in [1.165, 1.54) is 6.42 Å². The first kappa shape index (κ1) is 32.5. The van der Waals surface area contributed by atoms with E-state index in [0.717, 1.165) is 49.7 Å². The monoisotopic (exact) mass is 586 g/mol. The molecule has 2 N–H and O–H groups in total. The molecule has 240 valence electrons. The number of aliphatic carboxylic acids is 1. The van der Waals surface area contributed by atoms with E-state index in [-0.39, 0.29) is 51.1 Å². The van der Waals surface area contributed by atoms with E-state index in [0.29, 0.717) is 18.8 Å². The van der Waals surface area contributed by atoms with E-state index >= 15 is 0 Å². The van der Waals surface area contributed by atoms with Crippen molar-refractivity contribution in [3.63, 3.8) is 0 Å².